The summed E-state index contributed by atoms with van der Waals surface area (Å²) in [5.74, 6) is 2.11. The second-order valence-corrected chi connectivity index (χ2v) is 8.45. The third-order valence-corrected chi connectivity index (χ3v) is 5.58. The maximum atomic E-state index is 12.2. The topological polar surface area (TPSA) is 109 Å². The van der Waals surface area contributed by atoms with Crippen LogP contribution >= 0.6 is 0 Å². The van der Waals surface area contributed by atoms with Crippen molar-refractivity contribution in [3.63, 3.8) is 0 Å². The summed E-state index contributed by atoms with van der Waals surface area (Å²) in [6.45, 7) is 9.43. The van der Waals surface area contributed by atoms with Gasteiger partial charge in [0.2, 0.25) is 5.95 Å². The molecule has 10 heteroatoms. The number of nitrogens with one attached hydrogen (secondary N) is 1. The first-order valence-electron chi connectivity index (χ1n) is 11.3. The van der Waals surface area contributed by atoms with Crippen LogP contribution in [0.2, 0.25) is 0 Å². The number of anilines is 1. The van der Waals surface area contributed by atoms with Gasteiger partial charge in [0.1, 0.15) is 11.6 Å². The molecular formula is C25H29N7O3. The first-order chi connectivity index (χ1) is 16.9. The van der Waals surface area contributed by atoms with Crippen molar-refractivity contribution < 1.29 is 14.3 Å². The Bertz CT molecular complexity index is 1230. The SMILES string of the molecule is C=Nc1[nH]ccc1C=C(C)c1nc(Oc2ccc(C(=O)N(C)C)cc2)nc(N2CCOCC2C)n1. The maximum absolute atomic E-state index is 12.2. The number of nitrogens with zero attached hydrogens (tertiary/aromatic N) is 6. The molecule has 1 atom stereocenters. The van der Waals surface area contributed by atoms with E-state index in [-0.39, 0.29) is 18.0 Å². The molecule has 4 rings (SSSR count). The van der Waals surface area contributed by atoms with Gasteiger partial charge in [-0.2, -0.15) is 15.0 Å². The van der Waals surface area contributed by atoms with Gasteiger partial charge in [-0.3, -0.25) is 4.79 Å². The van der Waals surface area contributed by atoms with E-state index < -0.39 is 0 Å². The molecule has 0 radical (unpaired) electrons. The van der Waals surface area contributed by atoms with Crippen molar-refractivity contribution in [1.82, 2.24) is 24.8 Å². The second-order valence-electron chi connectivity index (χ2n) is 8.45. The van der Waals surface area contributed by atoms with Gasteiger partial charge in [0, 0.05) is 38.0 Å². The van der Waals surface area contributed by atoms with Crippen LogP contribution in [0.25, 0.3) is 11.6 Å². The number of carbonyl (C=O) groups is 1. The van der Waals surface area contributed by atoms with Gasteiger partial charge in [-0.1, -0.05) is 0 Å². The summed E-state index contributed by atoms with van der Waals surface area (Å²) in [6, 6.07) is 9.06. The fourth-order valence-electron chi connectivity index (χ4n) is 3.67. The summed E-state index contributed by atoms with van der Waals surface area (Å²) in [5, 5.41) is 0. The zero-order chi connectivity index (χ0) is 24.9. The van der Waals surface area contributed by atoms with Crippen molar-refractivity contribution in [1.29, 1.82) is 0 Å². The molecule has 10 nitrogen and oxygen atoms in total. The van der Waals surface area contributed by atoms with Crippen LogP contribution in [0.4, 0.5) is 11.8 Å². The minimum Gasteiger partial charge on any atom is -0.424 e. The molecule has 2 aromatic heterocycles. The van der Waals surface area contributed by atoms with E-state index >= 15 is 0 Å². The minimum atomic E-state index is -0.0820. The summed E-state index contributed by atoms with van der Waals surface area (Å²) < 4.78 is 11.6. The van der Waals surface area contributed by atoms with Crippen molar-refractivity contribution >= 4 is 36.0 Å². The standard InChI is InChI=1S/C25H29N7O3/c1-16(14-19-10-11-27-22(19)26-3)21-28-24(32-12-13-34-15-17(32)2)30-25(29-21)35-20-8-6-18(7-9-20)23(33)31(4)5/h6-11,14,17,27H,3,12-13,15H2,1-2,4-5H3. The Hall–Kier alpha value is -4.05. The Balaban J connectivity index is 1.68. The van der Waals surface area contributed by atoms with E-state index in [1.807, 2.05) is 19.1 Å². The number of carbonyl (C=O) groups excluding carboxylic acids is 1. The van der Waals surface area contributed by atoms with Crippen molar-refractivity contribution in [2.75, 3.05) is 38.8 Å². The van der Waals surface area contributed by atoms with Crippen molar-refractivity contribution in [3.05, 3.63) is 53.5 Å². The molecule has 1 fully saturated rings. The number of H-pyrrole nitrogens is 1. The lowest BCUT2D eigenvalue weighted by Crippen LogP contribution is -2.44. The first-order valence-corrected chi connectivity index (χ1v) is 11.3. The highest BCUT2D eigenvalue weighted by atomic mass is 16.5. The van der Waals surface area contributed by atoms with Crippen LogP contribution in [0.5, 0.6) is 11.8 Å². The summed E-state index contributed by atoms with van der Waals surface area (Å²) >= 11 is 0. The summed E-state index contributed by atoms with van der Waals surface area (Å²) in [6.07, 6.45) is 3.74. The van der Waals surface area contributed by atoms with Crippen LogP contribution in [0.1, 0.15) is 35.6 Å². The van der Waals surface area contributed by atoms with Crippen LogP contribution in [0, 0.1) is 0 Å². The molecule has 0 aliphatic carbocycles. The fraction of sp³-hybridized carbons (Fsp3) is 0.320. The van der Waals surface area contributed by atoms with E-state index in [0.29, 0.717) is 48.7 Å². The van der Waals surface area contributed by atoms with Crippen LogP contribution in [-0.2, 0) is 4.74 Å². The molecular weight excluding hydrogens is 446 g/mol. The third-order valence-electron chi connectivity index (χ3n) is 5.58. The fourth-order valence-corrected chi connectivity index (χ4v) is 3.67. The smallest absolute Gasteiger partial charge is 0.327 e. The van der Waals surface area contributed by atoms with Gasteiger partial charge < -0.3 is 24.3 Å². The Morgan fingerprint density at radius 3 is 2.71 bits per heavy atom. The van der Waals surface area contributed by atoms with E-state index in [9.17, 15) is 4.79 Å². The molecule has 0 spiro atoms. The number of benzene rings is 1. The Morgan fingerprint density at radius 1 is 1.26 bits per heavy atom. The number of morpholine rings is 1. The summed E-state index contributed by atoms with van der Waals surface area (Å²) in [4.78, 5) is 36.7. The lowest BCUT2D eigenvalue weighted by Gasteiger charge is -2.33. The zero-order valence-electron chi connectivity index (χ0n) is 20.4. The number of allylic oxidation sites excluding steroid dienone is 1. The van der Waals surface area contributed by atoms with E-state index in [1.54, 1.807) is 44.6 Å². The van der Waals surface area contributed by atoms with Crippen LogP contribution in [0.3, 0.4) is 0 Å². The van der Waals surface area contributed by atoms with Crippen molar-refractivity contribution in [2.45, 2.75) is 19.9 Å². The number of rotatable bonds is 7. The molecule has 1 saturated heterocycles. The highest BCUT2D eigenvalue weighted by Gasteiger charge is 2.24. The van der Waals surface area contributed by atoms with Gasteiger partial charge >= 0.3 is 6.01 Å². The van der Waals surface area contributed by atoms with E-state index in [0.717, 1.165) is 11.1 Å². The average molecular weight is 476 g/mol. The van der Waals surface area contributed by atoms with E-state index in [1.165, 1.54) is 4.90 Å². The predicted molar refractivity (Wildman–Crippen MR) is 136 cm³/mol. The molecule has 1 aromatic carbocycles. The lowest BCUT2D eigenvalue weighted by atomic mass is 10.2. The van der Waals surface area contributed by atoms with Gasteiger partial charge in [-0.25, -0.2) is 4.99 Å². The molecule has 3 heterocycles. The molecule has 35 heavy (non-hydrogen) atoms. The third kappa shape index (κ3) is 5.55. The van der Waals surface area contributed by atoms with Crippen LogP contribution in [-0.4, -0.2) is 77.4 Å². The lowest BCUT2D eigenvalue weighted by molar-refractivity contribution is 0.0827. The van der Waals surface area contributed by atoms with Gasteiger partial charge in [0.05, 0.1) is 19.3 Å². The number of hydrogen-bond acceptors (Lipinski definition) is 8. The Morgan fingerprint density at radius 2 is 2.03 bits per heavy atom. The number of hydrogen-bond donors (Lipinski definition) is 1. The summed E-state index contributed by atoms with van der Waals surface area (Å²) in [7, 11) is 3.43. The Labute approximate surface area is 204 Å². The average Bonchev–Trinajstić information content (AvgIpc) is 3.31. The van der Waals surface area contributed by atoms with Crippen LogP contribution in [0.15, 0.2) is 41.5 Å². The molecule has 1 aliphatic heterocycles. The molecule has 182 valence electrons. The second kappa shape index (κ2) is 10.5. The molecule has 0 bridgehead atoms. The maximum Gasteiger partial charge on any atom is 0.327 e. The zero-order valence-corrected chi connectivity index (χ0v) is 20.4. The van der Waals surface area contributed by atoms with Gasteiger partial charge in [0.25, 0.3) is 5.91 Å². The highest BCUT2D eigenvalue weighted by molar-refractivity contribution is 5.94. The van der Waals surface area contributed by atoms with Crippen LogP contribution < -0.4 is 9.64 Å². The Kier molecular flexibility index (Phi) is 7.21. The molecule has 1 unspecified atom stereocenters. The molecule has 1 aliphatic rings. The molecule has 3 aromatic rings. The number of aliphatic imine (C=N–C) groups is 1. The largest absolute Gasteiger partial charge is 0.424 e. The van der Waals surface area contributed by atoms with Crippen molar-refractivity contribution in [3.8, 4) is 11.8 Å². The molecule has 1 amide bonds. The summed E-state index contributed by atoms with van der Waals surface area (Å²) in [5.41, 5.74) is 2.26. The van der Waals surface area contributed by atoms with Gasteiger partial charge in [-0.15, -0.1) is 0 Å². The normalized spacial score (nSPS) is 16.2. The quantitative estimate of drug-likeness (QED) is 0.518. The number of aromatic amines is 1. The first kappa shape index (κ1) is 24.1. The van der Waals surface area contributed by atoms with E-state index in [4.69, 9.17) is 14.5 Å². The van der Waals surface area contributed by atoms with Gasteiger partial charge in [0.15, 0.2) is 5.82 Å². The molecule has 1 N–H and O–H groups in total. The highest BCUT2D eigenvalue weighted by Crippen LogP contribution is 2.27. The minimum absolute atomic E-state index is 0.0820. The van der Waals surface area contributed by atoms with E-state index in [2.05, 4.69) is 38.5 Å². The van der Waals surface area contributed by atoms with Gasteiger partial charge in [-0.05, 0) is 62.5 Å². The number of amides is 1. The predicted octanol–water partition coefficient (Wildman–Crippen LogP) is 3.81. The number of aromatic nitrogens is 4. The number of ether oxygens (including phenoxy) is 2. The monoisotopic (exact) mass is 475 g/mol. The van der Waals surface area contributed by atoms with Crippen molar-refractivity contribution in [2.24, 2.45) is 4.99 Å². The molecule has 0 saturated carbocycles.